The van der Waals surface area contributed by atoms with Crippen molar-refractivity contribution < 1.29 is 19.1 Å². The molecule has 0 aliphatic carbocycles. The molecule has 0 aromatic heterocycles. The van der Waals surface area contributed by atoms with Gasteiger partial charge in [-0.1, -0.05) is 35.9 Å². The van der Waals surface area contributed by atoms with Gasteiger partial charge >= 0.3 is 6.09 Å². The van der Waals surface area contributed by atoms with Crippen molar-refractivity contribution in [2.24, 2.45) is 5.10 Å². The number of carbonyl (C=O) groups excluding carboxylic acids is 2. The smallest absolute Gasteiger partial charge is 0.409 e. The van der Waals surface area contributed by atoms with Crippen LogP contribution in [0.3, 0.4) is 0 Å². The molecular weight excluding hydrogens is 456 g/mol. The Morgan fingerprint density at radius 3 is 2.33 bits per heavy atom. The normalized spacial score (nSPS) is 18.2. The van der Waals surface area contributed by atoms with E-state index in [9.17, 15) is 9.59 Å². The minimum Gasteiger partial charge on any atom is -0.494 e. The fourth-order valence-electron chi connectivity index (χ4n) is 4.82. The number of hydrogen-bond acceptors (Lipinski definition) is 6. The minimum atomic E-state index is -0.290. The largest absolute Gasteiger partial charge is 0.494 e. The first kappa shape index (κ1) is 25.7. The number of rotatable bonds is 7. The molecule has 2 aliphatic heterocycles. The summed E-state index contributed by atoms with van der Waals surface area (Å²) in [4.78, 5) is 29.3. The summed E-state index contributed by atoms with van der Waals surface area (Å²) in [7, 11) is 0. The van der Waals surface area contributed by atoms with Gasteiger partial charge in [0.2, 0.25) is 0 Å². The highest BCUT2D eigenvalue weighted by Crippen LogP contribution is 2.34. The van der Waals surface area contributed by atoms with Gasteiger partial charge in [0, 0.05) is 38.2 Å². The van der Waals surface area contributed by atoms with Gasteiger partial charge in [0.15, 0.2) is 0 Å². The van der Waals surface area contributed by atoms with Crippen molar-refractivity contribution in [3.63, 3.8) is 0 Å². The van der Waals surface area contributed by atoms with Crippen LogP contribution in [0.4, 0.5) is 4.79 Å². The molecule has 0 spiro atoms. The zero-order chi connectivity index (χ0) is 25.7. The molecule has 8 heteroatoms. The highest BCUT2D eigenvalue weighted by Gasteiger charge is 2.35. The van der Waals surface area contributed by atoms with Crippen LogP contribution in [0, 0.1) is 13.8 Å². The van der Waals surface area contributed by atoms with Crippen LogP contribution in [0.5, 0.6) is 5.75 Å². The molecule has 2 amide bonds. The molecular formula is C28H36N4O4. The Labute approximate surface area is 213 Å². The molecule has 2 heterocycles. The number of hydrogen-bond donors (Lipinski definition) is 0. The maximum Gasteiger partial charge on any atom is 0.409 e. The van der Waals surface area contributed by atoms with Crippen LogP contribution < -0.4 is 4.74 Å². The summed E-state index contributed by atoms with van der Waals surface area (Å²) in [5, 5.41) is 6.51. The van der Waals surface area contributed by atoms with Gasteiger partial charge < -0.3 is 14.4 Å². The fourth-order valence-corrected chi connectivity index (χ4v) is 4.82. The Kier molecular flexibility index (Phi) is 8.25. The first-order valence-electron chi connectivity index (χ1n) is 12.7. The van der Waals surface area contributed by atoms with E-state index < -0.39 is 0 Å². The average molecular weight is 493 g/mol. The Balaban J connectivity index is 1.51. The van der Waals surface area contributed by atoms with E-state index in [2.05, 4.69) is 36.9 Å². The summed E-state index contributed by atoms with van der Waals surface area (Å²) in [5.41, 5.74) is 5.39. The van der Waals surface area contributed by atoms with Crippen LogP contribution in [0.2, 0.25) is 0 Å². The molecule has 1 unspecified atom stereocenters. The molecule has 2 aliphatic rings. The second-order valence-electron chi connectivity index (χ2n) is 9.29. The van der Waals surface area contributed by atoms with Gasteiger partial charge in [-0.3, -0.25) is 9.69 Å². The Morgan fingerprint density at radius 1 is 0.972 bits per heavy atom. The molecule has 0 saturated carbocycles. The molecule has 192 valence electrons. The molecule has 4 rings (SSSR count). The third-order valence-corrected chi connectivity index (χ3v) is 6.69. The second-order valence-corrected chi connectivity index (χ2v) is 9.29. The van der Waals surface area contributed by atoms with Gasteiger partial charge in [0.25, 0.3) is 5.91 Å². The lowest BCUT2D eigenvalue weighted by Gasteiger charge is -2.34. The van der Waals surface area contributed by atoms with Crippen molar-refractivity contribution >= 4 is 17.7 Å². The fraction of sp³-hybridized carbons (Fsp3) is 0.464. The minimum absolute atomic E-state index is 0.0433. The lowest BCUT2D eigenvalue weighted by molar-refractivity contribution is -0.134. The van der Waals surface area contributed by atoms with Crippen molar-refractivity contribution in [2.75, 3.05) is 45.9 Å². The third kappa shape index (κ3) is 5.87. The molecule has 1 saturated heterocycles. The zero-order valence-corrected chi connectivity index (χ0v) is 21.7. The van der Waals surface area contributed by atoms with E-state index in [0.29, 0.717) is 45.8 Å². The summed E-state index contributed by atoms with van der Waals surface area (Å²) in [6.07, 6.45) is 0.363. The molecule has 1 atom stereocenters. The highest BCUT2D eigenvalue weighted by molar-refractivity contribution is 6.04. The summed E-state index contributed by atoms with van der Waals surface area (Å²) in [6.45, 7) is 11.5. The maximum atomic E-state index is 13.5. The number of nitrogens with zero attached hydrogens (tertiary/aromatic N) is 4. The molecule has 2 aromatic rings. The zero-order valence-electron chi connectivity index (χ0n) is 21.7. The number of benzene rings is 2. The predicted molar refractivity (Wildman–Crippen MR) is 139 cm³/mol. The van der Waals surface area contributed by atoms with Crippen molar-refractivity contribution in [3.8, 4) is 5.75 Å². The SMILES string of the molecule is CCOC(=O)N1CCN(CC(=O)N2N=C(c3ccc(C)cc3C)CC2c2ccc(OCC)cc2)CC1. The highest BCUT2D eigenvalue weighted by atomic mass is 16.6. The lowest BCUT2D eigenvalue weighted by Crippen LogP contribution is -2.51. The van der Waals surface area contributed by atoms with Crippen molar-refractivity contribution in [2.45, 2.75) is 40.2 Å². The standard InChI is InChI=1S/C28H36N4O4/c1-5-35-23-10-8-22(9-11-23)26-18-25(24-12-7-20(3)17-21(24)4)29-32(26)27(33)19-30-13-15-31(16-14-30)28(34)36-6-2/h7-12,17,26H,5-6,13-16,18-19H2,1-4H3. The number of hydrazone groups is 1. The molecule has 1 fully saturated rings. The summed E-state index contributed by atoms with van der Waals surface area (Å²) in [5.74, 6) is 0.769. The van der Waals surface area contributed by atoms with Crippen LogP contribution in [-0.4, -0.2) is 78.5 Å². The Hall–Kier alpha value is -3.39. The molecule has 0 bridgehead atoms. The van der Waals surface area contributed by atoms with Crippen LogP contribution in [0.1, 0.15) is 48.6 Å². The van der Waals surface area contributed by atoms with Crippen molar-refractivity contribution in [1.82, 2.24) is 14.8 Å². The second kappa shape index (κ2) is 11.6. The Morgan fingerprint density at radius 2 is 1.69 bits per heavy atom. The number of piperazine rings is 1. The lowest BCUT2D eigenvalue weighted by atomic mass is 9.95. The van der Waals surface area contributed by atoms with Gasteiger partial charge in [-0.15, -0.1) is 0 Å². The average Bonchev–Trinajstić information content (AvgIpc) is 3.30. The summed E-state index contributed by atoms with van der Waals surface area (Å²) in [6, 6.07) is 14.1. The van der Waals surface area contributed by atoms with E-state index in [1.807, 2.05) is 31.2 Å². The van der Waals surface area contributed by atoms with Gasteiger partial charge in [-0.05, 0) is 51.0 Å². The Bertz CT molecular complexity index is 1110. The first-order valence-corrected chi connectivity index (χ1v) is 12.7. The molecule has 36 heavy (non-hydrogen) atoms. The van der Waals surface area contributed by atoms with E-state index in [1.54, 1.807) is 16.8 Å². The van der Waals surface area contributed by atoms with E-state index in [1.165, 1.54) is 5.56 Å². The van der Waals surface area contributed by atoms with E-state index in [0.717, 1.165) is 28.2 Å². The topological polar surface area (TPSA) is 74.7 Å². The summed E-state index contributed by atoms with van der Waals surface area (Å²) < 4.78 is 10.7. The molecule has 0 N–H and O–H groups in total. The van der Waals surface area contributed by atoms with Gasteiger partial charge in [0.1, 0.15) is 5.75 Å². The molecule has 2 aromatic carbocycles. The third-order valence-electron chi connectivity index (χ3n) is 6.69. The maximum absolute atomic E-state index is 13.5. The number of amides is 2. The quantitative estimate of drug-likeness (QED) is 0.580. The van der Waals surface area contributed by atoms with Crippen LogP contribution >= 0.6 is 0 Å². The summed E-state index contributed by atoms with van der Waals surface area (Å²) >= 11 is 0. The van der Waals surface area contributed by atoms with Gasteiger partial charge in [-0.25, -0.2) is 9.80 Å². The van der Waals surface area contributed by atoms with Gasteiger partial charge in [0.05, 0.1) is 31.5 Å². The van der Waals surface area contributed by atoms with Gasteiger partial charge in [-0.2, -0.15) is 5.10 Å². The van der Waals surface area contributed by atoms with Crippen molar-refractivity contribution in [3.05, 3.63) is 64.7 Å². The predicted octanol–water partition coefficient (Wildman–Crippen LogP) is 4.15. The van der Waals surface area contributed by atoms with E-state index in [4.69, 9.17) is 14.6 Å². The number of aryl methyl sites for hydroxylation is 2. The monoisotopic (exact) mass is 492 g/mol. The van der Waals surface area contributed by atoms with Crippen LogP contribution in [0.25, 0.3) is 0 Å². The van der Waals surface area contributed by atoms with Crippen LogP contribution in [-0.2, 0) is 9.53 Å². The van der Waals surface area contributed by atoms with E-state index >= 15 is 0 Å². The number of ether oxygens (including phenoxy) is 2. The molecule has 8 nitrogen and oxygen atoms in total. The van der Waals surface area contributed by atoms with E-state index in [-0.39, 0.29) is 24.6 Å². The molecule has 0 radical (unpaired) electrons. The number of carbonyl (C=O) groups is 2. The first-order chi connectivity index (χ1) is 17.4. The van der Waals surface area contributed by atoms with Crippen LogP contribution in [0.15, 0.2) is 47.6 Å². The van der Waals surface area contributed by atoms with Crippen molar-refractivity contribution in [1.29, 1.82) is 0 Å².